The Kier molecular flexibility index (Phi) is 6.76. The van der Waals surface area contributed by atoms with Crippen molar-refractivity contribution in [2.45, 2.75) is 53.4 Å². The third kappa shape index (κ3) is 5.39. The van der Waals surface area contributed by atoms with Gasteiger partial charge >= 0.3 is 0 Å². The number of aryl methyl sites for hydroxylation is 3. The van der Waals surface area contributed by atoms with Gasteiger partial charge in [0.15, 0.2) is 5.13 Å². The lowest BCUT2D eigenvalue weighted by molar-refractivity contribution is -0.00523. The van der Waals surface area contributed by atoms with Crippen molar-refractivity contribution in [2.24, 2.45) is 0 Å². The molecule has 2 aromatic heterocycles. The summed E-state index contributed by atoms with van der Waals surface area (Å²) in [5, 5.41) is 3.89. The number of morpholine rings is 1. The first-order chi connectivity index (χ1) is 15.7. The Morgan fingerprint density at radius 3 is 2.42 bits per heavy atom. The molecule has 3 aromatic rings. The van der Waals surface area contributed by atoms with E-state index in [1.165, 1.54) is 18.2 Å². The lowest BCUT2D eigenvalue weighted by Gasteiger charge is -2.35. The average molecular weight is 469 g/mol. The summed E-state index contributed by atoms with van der Waals surface area (Å²) in [7, 11) is 0. The fourth-order valence-electron chi connectivity index (χ4n) is 4.26. The van der Waals surface area contributed by atoms with E-state index in [1.807, 2.05) is 26.0 Å². The summed E-state index contributed by atoms with van der Waals surface area (Å²) in [6.45, 7) is 11.6. The number of carbonyl (C=O) groups is 1. The second-order valence-corrected chi connectivity index (χ2v) is 9.69. The van der Waals surface area contributed by atoms with E-state index in [9.17, 15) is 9.18 Å². The van der Waals surface area contributed by atoms with E-state index in [1.54, 1.807) is 18.3 Å². The van der Waals surface area contributed by atoms with Crippen molar-refractivity contribution in [2.75, 3.05) is 18.0 Å². The van der Waals surface area contributed by atoms with Gasteiger partial charge in [0.05, 0.1) is 29.3 Å². The Balaban J connectivity index is 1.65. The number of halogens is 1. The number of pyridine rings is 1. The molecule has 0 radical (unpaired) electrons. The molecule has 0 saturated carbocycles. The Labute approximate surface area is 197 Å². The highest BCUT2D eigenvalue weighted by molar-refractivity contribution is 7.19. The molecule has 1 fully saturated rings. The van der Waals surface area contributed by atoms with E-state index in [0.29, 0.717) is 11.1 Å². The Morgan fingerprint density at radius 2 is 1.79 bits per heavy atom. The number of anilines is 1. The van der Waals surface area contributed by atoms with E-state index in [4.69, 9.17) is 9.72 Å². The maximum atomic E-state index is 13.4. The van der Waals surface area contributed by atoms with Gasteiger partial charge in [-0.15, -0.1) is 0 Å². The molecule has 0 aliphatic carbocycles. The minimum Gasteiger partial charge on any atom is -0.372 e. The number of thiazole rings is 1. The van der Waals surface area contributed by atoms with Crippen LogP contribution in [0.1, 0.15) is 46.9 Å². The summed E-state index contributed by atoms with van der Waals surface area (Å²) in [6.07, 6.45) is 0.243. The molecule has 4 rings (SSSR count). The van der Waals surface area contributed by atoms with Gasteiger partial charge in [-0.25, -0.2) is 9.37 Å². The average Bonchev–Trinajstić information content (AvgIpc) is 3.15. The summed E-state index contributed by atoms with van der Waals surface area (Å²) >= 11 is 1.62. The van der Waals surface area contributed by atoms with Crippen LogP contribution >= 0.6 is 11.3 Å². The van der Waals surface area contributed by atoms with Crippen LogP contribution in [0.25, 0.3) is 10.4 Å². The van der Waals surface area contributed by atoms with Crippen LogP contribution in [-0.2, 0) is 11.3 Å². The summed E-state index contributed by atoms with van der Waals surface area (Å²) in [5.41, 5.74) is 4.78. The van der Waals surface area contributed by atoms with Crippen LogP contribution in [0.3, 0.4) is 0 Å². The predicted molar refractivity (Wildman–Crippen MR) is 129 cm³/mol. The number of amides is 1. The van der Waals surface area contributed by atoms with Crippen LogP contribution in [0.2, 0.25) is 0 Å². The lowest BCUT2D eigenvalue weighted by Crippen LogP contribution is -2.45. The number of nitrogens with zero attached hydrogens (tertiary/aromatic N) is 3. The second kappa shape index (κ2) is 9.57. The number of carbonyl (C=O) groups excluding carboxylic acids is 1. The molecule has 0 spiro atoms. The summed E-state index contributed by atoms with van der Waals surface area (Å²) in [5.74, 6) is -0.600. The normalized spacial score (nSPS) is 18.4. The van der Waals surface area contributed by atoms with E-state index in [0.717, 1.165) is 45.7 Å². The number of hydrogen-bond acceptors (Lipinski definition) is 6. The first-order valence-electron chi connectivity index (χ1n) is 11.1. The SMILES string of the molecule is Cc1cc(-c2sc(N3CC(C)OC(C)C3)nc2CNC(=O)c2ccc(F)cc2C)cc(C)n1. The number of nitrogens with one attached hydrogen (secondary N) is 1. The Hall–Kier alpha value is -2.84. The van der Waals surface area contributed by atoms with Crippen LogP contribution in [0, 0.1) is 26.6 Å². The topological polar surface area (TPSA) is 67.3 Å². The number of benzene rings is 1. The maximum absolute atomic E-state index is 13.4. The molecule has 33 heavy (non-hydrogen) atoms. The van der Waals surface area contributed by atoms with Crippen LogP contribution in [0.5, 0.6) is 0 Å². The lowest BCUT2D eigenvalue weighted by atomic mass is 10.1. The highest BCUT2D eigenvalue weighted by Crippen LogP contribution is 2.36. The van der Waals surface area contributed by atoms with Crippen LogP contribution in [0.4, 0.5) is 9.52 Å². The number of ether oxygens (including phenoxy) is 1. The minimum atomic E-state index is -0.354. The highest BCUT2D eigenvalue weighted by Gasteiger charge is 2.26. The van der Waals surface area contributed by atoms with E-state index in [-0.39, 0.29) is 30.5 Å². The molecule has 6 nitrogen and oxygen atoms in total. The molecule has 174 valence electrons. The minimum absolute atomic E-state index is 0.121. The molecular weight excluding hydrogens is 439 g/mol. The highest BCUT2D eigenvalue weighted by atomic mass is 32.1. The molecule has 2 atom stereocenters. The first-order valence-corrected chi connectivity index (χ1v) is 11.9. The molecule has 1 aliphatic rings. The van der Waals surface area contributed by atoms with Crippen molar-refractivity contribution in [1.29, 1.82) is 0 Å². The number of rotatable bonds is 5. The van der Waals surface area contributed by atoms with Gasteiger partial charge in [0.2, 0.25) is 0 Å². The Morgan fingerprint density at radius 1 is 1.12 bits per heavy atom. The van der Waals surface area contributed by atoms with E-state index < -0.39 is 0 Å². The third-order valence-electron chi connectivity index (χ3n) is 5.57. The van der Waals surface area contributed by atoms with Crippen molar-refractivity contribution in [3.05, 3.63) is 64.4 Å². The van der Waals surface area contributed by atoms with Crippen LogP contribution in [0.15, 0.2) is 30.3 Å². The number of hydrogen-bond donors (Lipinski definition) is 1. The van der Waals surface area contributed by atoms with Crippen molar-refractivity contribution in [3.8, 4) is 10.4 Å². The fraction of sp³-hybridized carbons (Fsp3) is 0.400. The summed E-state index contributed by atoms with van der Waals surface area (Å²) in [4.78, 5) is 25.5. The van der Waals surface area contributed by atoms with Crippen LogP contribution in [-0.4, -0.2) is 41.2 Å². The van der Waals surface area contributed by atoms with Gasteiger partial charge in [-0.3, -0.25) is 9.78 Å². The van der Waals surface area contributed by atoms with Gasteiger partial charge in [0, 0.05) is 30.0 Å². The third-order valence-corrected chi connectivity index (χ3v) is 6.78. The zero-order valence-corrected chi connectivity index (χ0v) is 20.4. The zero-order chi connectivity index (χ0) is 23.7. The molecule has 0 bridgehead atoms. The molecule has 2 unspecified atom stereocenters. The van der Waals surface area contributed by atoms with Crippen molar-refractivity contribution >= 4 is 22.4 Å². The predicted octanol–water partition coefficient (Wildman–Crippen LogP) is 4.81. The molecule has 1 aliphatic heterocycles. The van der Waals surface area contributed by atoms with Crippen molar-refractivity contribution in [3.63, 3.8) is 0 Å². The maximum Gasteiger partial charge on any atom is 0.251 e. The van der Waals surface area contributed by atoms with Crippen LogP contribution < -0.4 is 10.2 Å². The molecule has 1 saturated heterocycles. The monoisotopic (exact) mass is 468 g/mol. The van der Waals surface area contributed by atoms with Gasteiger partial charge in [-0.1, -0.05) is 11.3 Å². The molecule has 1 aromatic carbocycles. The van der Waals surface area contributed by atoms with E-state index in [2.05, 4.69) is 29.0 Å². The zero-order valence-electron chi connectivity index (χ0n) is 19.6. The molecule has 1 amide bonds. The number of aromatic nitrogens is 2. The Bertz CT molecular complexity index is 1150. The molecular formula is C25H29FN4O2S. The summed E-state index contributed by atoms with van der Waals surface area (Å²) < 4.78 is 19.3. The van der Waals surface area contributed by atoms with Crippen molar-refractivity contribution in [1.82, 2.24) is 15.3 Å². The smallest absolute Gasteiger partial charge is 0.251 e. The molecule has 1 N–H and O–H groups in total. The quantitative estimate of drug-likeness (QED) is 0.582. The van der Waals surface area contributed by atoms with Gasteiger partial charge < -0.3 is 15.0 Å². The van der Waals surface area contributed by atoms with Gasteiger partial charge in [0.25, 0.3) is 5.91 Å². The largest absolute Gasteiger partial charge is 0.372 e. The molecule has 8 heteroatoms. The van der Waals surface area contributed by atoms with Crippen molar-refractivity contribution < 1.29 is 13.9 Å². The van der Waals surface area contributed by atoms with Gasteiger partial charge in [-0.2, -0.15) is 0 Å². The van der Waals surface area contributed by atoms with Gasteiger partial charge in [0.1, 0.15) is 5.82 Å². The fourth-order valence-corrected chi connectivity index (χ4v) is 5.35. The standard InChI is InChI=1S/C25H29FN4O2S/c1-14-8-20(26)6-7-21(14)24(31)27-11-22-23(19-9-15(2)28-16(3)10-19)33-25(29-22)30-12-17(4)32-18(5)13-30/h6-10,17-18H,11-13H2,1-5H3,(H,27,31). The second-order valence-electron chi connectivity index (χ2n) is 8.72. The first kappa shape index (κ1) is 23.3. The van der Waals surface area contributed by atoms with E-state index >= 15 is 0 Å². The van der Waals surface area contributed by atoms with Gasteiger partial charge in [-0.05, 0) is 76.1 Å². The molecule has 3 heterocycles. The summed E-state index contributed by atoms with van der Waals surface area (Å²) in [6, 6.07) is 8.27.